The number of hydrogen-bond donors (Lipinski definition) is 1. The zero-order valence-corrected chi connectivity index (χ0v) is 20.0. The highest BCUT2D eigenvalue weighted by atomic mass is 16.5. The molecule has 4 aliphatic carbocycles. The summed E-state index contributed by atoms with van der Waals surface area (Å²) >= 11 is 0. The SMILES string of the molecule is CCOC[C@@]1(O)CC[C@H]2[C@H](CC[C@@H]3[C@@H]2CC[C@]2(C)[C@@H](C(=O)Cn4nnc(C)n4)CC[C@@H]32)C1. The number of ketones is 1. The number of ether oxygens (including phenoxy) is 1. The Morgan fingerprint density at radius 2 is 1.94 bits per heavy atom. The normalized spacial score (nSPS) is 43.4. The van der Waals surface area contributed by atoms with Crippen LogP contribution in [0.15, 0.2) is 0 Å². The van der Waals surface area contributed by atoms with E-state index < -0.39 is 5.60 Å². The molecule has 1 N–H and O–H groups in total. The monoisotopic (exact) mass is 444 g/mol. The van der Waals surface area contributed by atoms with Crippen molar-refractivity contribution in [3.63, 3.8) is 0 Å². The number of Topliss-reactive ketones (excluding diaryl/α,β-unsaturated/α-hetero) is 1. The van der Waals surface area contributed by atoms with Gasteiger partial charge in [0.15, 0.2) is 11.6 Å². The summed E-state index contributed by atoms with van der Waals surface area (Å²) in [5.41, 5.74) is -0.503. The van der Waals surface area contributed by atoms with E-state index in [1.165, 1.54) is 30.5 Å². The molecular formula is C25H40N4O3. The molecule has 8 atom stereocenters. The molecular weight excluding hydrogens is 404 g/mol. The molecule has 1 heterocycles. The number of nitrogens with zero attached hydrogens (tertiary/aromatic N) is 4. The van der Waals surface area contributed by atoms with E-state index in [-0.39, 0.29) is 23.7 Å². The second-order valence-electron chi connectivity index (χ2n) is 11.5. The third-order valence-corrected chi connectivity index (χ3v) is 9.92. The molecule has 1 aromatic heterocycles. The van der Waals surface area contributed by atoms with Crippen molar-refractivity contribution in [2.75, 3.05) is 13.2 Å². The van der Waals surface area contributed by atoms with Gasteiger partial charge in [0, 0.05) is 12.5 Å². The number of carbonyl (C=O) groups is 1. The molecule has 4 fully saturated rings. The van der Waals surface area contributed by atoms with E-state index in [2.05, 4.69) is 22.3 Å². The van der Waals surface area contributed by atoms with E-state index in [0.29, 0.717) is 30.9 Å². The van der Waals surface area contributed by atoms with Crippen LogP contribution in [0.4, 0.5) is 0 Å². The van der Waals surface area contributed by atoms with Crippen LogP contribution in [-0.2, 0) is 16.1 Å². The Labute approximate surface area is 191 Å². The lowest BCUT2D eigenvalue weighted by Crippen LogP contribution is -2.52. The van der Waals surface area contributed by atoms with Crippen molar-refractivity contribution in [1.82, 2.24) is 20.2 Å². The topological polar surface area (TPSA) is 90.1 Å². The van der Waals surface area contributed by atoms with Gasteiger partial charge in [-0.25, -0.2) is 0 Å². The Balaban J connectivity index is 1.26. The summed E-state index contributed by atoms with van der Waals surface area (Å²) in [7, 11) is 0. The lowest BCUT2D eigenvalue weighted by Gasteiger charge is -2.57. The van der Waals surface area contributed by atoms with Crippen LogP contribution in [-0.4, -0.2) is 49.9 Å². The van der Waals surface area contributed by atoms with Gasteiger partial charge in [-0.15, -0.1) is 10.2 Å². The van der Waals surface area contributed by atoms with Crippen molar-refractivity contribution in [2.45, 2.75) is 90.7 Å². The van der Waals surface area contributed by atoms with Gasteiger partial charge < -0.3 is 9.84 Å². The van der Waals surface area contributed by atoms with Crippen LogP contribution >= 0.6 is 0 Å². The third-order valence-electron chi connectivity index (χ3n) is 9.92. The van der Waals surface area contributed by atoms with Gasteiger partial charge in [-0.3, -0.25) is 4.79 Å². The van der Waals surface area contributed by atoms with Crippen molar-refractivity contribution in [3.8, 4) is 0 Å². The molecule has 7 heteroatoms. The fourth-order valence-electron chi connectivity index (χ4n) is 8.55. The summed E-state index contributed by atoms with van der Waals surface area (Å²) in [5.74, 6) is 4.60. The first-order valence-corrected chi connectivity index (χ1v) is 12.9. The minimum Gasteiger partial charge on any atom is -0.387 e. The molecule has 7 nitrogen and oxygen atoms in total. The van der Waals surface area contributed by atoms with Crippen molar-refractivity contribution < 1.29 is 14.6 Å². The maximum absolute atomic E-state index is 13.3. The van der Waals surface area contributed by atoms with Crippen LogP contribution in [0.2, 0.25) is 0 Å². The molecule has 0 aliphatic heterocycles. The lowest BCUT2D eigenvalue weighted by atomic mass is 9.49. The Kier molecular flexibility index (Phi) is 5.94. The average molecular weight is 445 g/mol. The Morgan fingerprint density at radius 3 is 2.69 bits per heavy atom. The summed E-state index contributed by atoms with van der Waals surface area (Å²) < 4.78 is 5.61. The van der Waals surface area contributed by atoms with Gasteiger partial charge in [0.05, 0.1) is 12.2 Å². The van der Waals surface area contributed by atoms with E-state index in [1.54, 1.807) is 6.92 Å². The summed E-state index contributed by atoms with van der Waals surface area (Å²) in [6, 6.07) is 0. The number of fused-ring (bicyclic) bond motifs is 5. The second-order valence-corrected chi connectivity index (χ2v) is 11.5. The molecule has 0 amide bonds. The highest BCUT2D eigenvalue weighted by Gasteiger charge is 2.59. The first kappa shape index (κ1) is 22.5. The van der Waals surface area contributed by atoms with Crippen LogP contribution < -0.4 is 0 Å². The molecule has 4 saturated carbocycles. The summed E-state index contributed by atoms with van der Waals surface area (Å²) in [6.07, 6.45) is 10.0. The number of tetrazole rings is 1. The fourth-order valence-corrected chi connectivity index (χ4v) is 8.55. The highest BCUT2D eigenvalue weighted by molar-refractivity contribution is 5.81. The fraction of sp³-hybridized carbons (Fsp3) is 0.920. The lowest BCUT2D eigenvalue weighted by molar-refractivity contribution is -0.138. The van der Waals surface area contributed by atoms with Gasteiger partial charge in [-0.05, 0) is 112 Å². The van der Waals surface area contributed by atoms with E-state index >= 15 is 0 Å². The van der Waals surface area contributed by atoms with Gasteiger partial charge >= 0.3 is 0 Å². The predicted molar refractivity (Wildman–Crippen MR) is 120 cm³/mol. The van der Waals surface area contributed by atoms with Crippen molar-refractivity contribution in [1.29, 1.82) is 0 Å². The number of rotatable bonds is 6. The maximum atomic E-state index is 13.3. The standard InChI is InChI=1S/C25H40N4O3/c1-4-32-15-25(31)12-10-18-17(13-25)5-6-20-19(18)9-11-24(3)21(20)7-8-22(24)23(30)14-29-27-16(2)26-28-29/h17-22,31H,4-15H2,1-3H3/t17-,18+,19-,20-,21+,22-,24+,25-/m1/s1. The van der Waals surface area contributed by atoms with E-state index in [1.807, 2.05) is 6.92 Å². The summed E-state index contributed by atoms with van der Waals surface area (Å²) in [4.78, 5) is 14.7. The van der Waals surface area contributed by atoms with Gasteiger partial charge in [0.1, 0.15) is 6.54 Å². The predicted octanol–water partition coefficient (Wildman–Crippen LogP) is 3.59. The molecule has 1 aromatic rings. The van der Waals surface area contributed by atoms with E-state index in [0.717, 1.165) is 49.9 Å². The number of hydrogen-bond acceptors (Lipinski definition) is 6. The average Bonchev–Trinajstić information content (AvgIpc) is 3.34. The van der Waals surface area contributed by atoms with E-state index in [4.69, 9.17) is 4.74 Å². The Bertz CT molecular complexity index is 843. The quantitative estimate of drug-likeness (QED) is 0.721. The minimum atomic E-state index is -0.619. The number of aromatic nitrogens is 4. The first-order chi connectivity index (χ1) is 15.3. The largest absolute Gasteiger partial charge is 0.387 e. The smallest absolute Gasteiger partial charge is 0.171 e. The van der Waals surface area contributed by atoms with Crippen LogP contribution in [0.5, 0.6) is 0 Å². The Hall–Kier alpha value is -1.34. The van der Waals surface area contributed by atoms with Gasteiger partial charge in [0.2, 0.25) is 0 Å². The van der Waals surface area contributed by atoms with Crippen molar-refractivity contribution in [2.24, 2.45) is 40.9 Å². The number of carbonyl (C=O) groups excluding carboxylic acids is 1. The molecule has 5 rings (SSSR count). The van der Waals surface area contributed by atoms with Crippen LogP contribution in [0.25, 0.3) is 0 Å². The van der Waals surface area contributed by atoms with Crippen LogP contribution in [0, 0.1) is 47.8 Å². The number of aliphatic hydroxyl groups is 1. The van der Waals surface area contributed by atoms with Gasteiger partial charge in [0.25, 0.3) is 0 Å². The summed E-state index contributed by atoms with van der Waals surface area (Å²) in [6.45, 7) is 7.63. The first-order valence-electron chi connectivity index (χ1n) is 12.9. The molecule has 0 saturated heterocycles. The molecule has 32 heavy (non-hydrogen) atoms. The van der Waals surface area contributed by atoms with Crippen molar-refractivity contribution in [3.05, 3.63) is 5.82 Å². The molecule has 4 aliphatic rings. The molecule has 0 spiro atoms. The molecule has 0 radical (unpaired) electrons. The second kappa shape index (κ2) is 8.46. The molecule has 0 aromatic carbocycles. The summed E-state index contributed by atoms with van der Waals surface area (Å²) in [5, 5.41) is 23.2. The zero-order chi connectivity index (χ0) is 22.5. The van der Waals surface area contributed by atoms with Crippen LogP contribution in [0.1, 0.15) is 77.5 Å². The van der Waals surface area contributed by atoms with Crippen LogP contribution in [0.3, 0.4) is 0 Å². The number of aryl methyl sites for hydroxylation is 1. The van der Waals surface area contributed by atoms with E-state index in [9.17, 15) is 9.90 Å². The molecule has 0 bridgehead atoms. The maximum Gasteiger partial charge on any atom is 0.171 e. The molecule has 0 unspecified atom stereocenters. The van der Waals surface area contributed by atoms with Gasteiger partial charge in [-0.2, -0.15) is 4.80 Å². The Morgan fingerprint density at radius 1 is 1.12 bits per heavy atom. The minimum absolute atomic E-state index is 0.116. The van der Waals surface area contributed by atoms with Gasteiger partial charge in [-0.1, -0.05) is 6.92 Å². The highest BCUT2D eigenvalue weighted by Crippen LogP contribution is 2.64. The van der Waals surface area contributed by atoms with Crippen molar-refractivity contribution >= 4 is 5.78 Å². The third kappa shape index (κ3) is 3.83. The molecule has 178 valence electrons. The zero-order valence-electron chi connectivity index (χ0n) is 20.0.